The Hall–Kier alpha value is 0.180. The van der Waals surface area contributed by atoms with Gasteiger partial charge in [0.25, 0.3) is 0 Å². The number of hydrogen-bond acceptors (Lipinski definition) is 5. The van der Waals surface area contributed by atoms with Crippen LogP contribution < -0.4 is 10.0 Å². The molecule has 0 spiro atoms. The summed E-state index contributed by atoms with van der Waals surface area (Å²) in [4.78, 5) is 2.30. The van der Waals surface area contributed by atoms with Crippen LogP contribution in [0.15, 0.2) is 0 Å². The standard InChI is InChI=1S/C9H21N3O2S2/c1-10-3-9-16(13,14)11-2-4-12-5-7-15-8-6-12/h10-11H,2-9H2,1H3. The van der Waals surface area contributed by atoms with Crippen molar-refractivity contribution in [1.29, 1.82) is 0 Å². The summed E-state index contributed by atoms with van der Waals surface area (Å²) >= 11 is 1.96. The summed E-state index contributed by atoms with van der Waals surface area (Å²) in [5.74, 6) is 2.47. The molecule has 0 bridgehead atoms. The van der Waals surface area contributed by atoms with Crippen LogP contribution in [0, 0.1) is 0 Å². The monoisotopic (exact) mass is 267 g/mol. The first-order chi connectivity index (χ1) is 7.64. The van der Waals surface area contributed by atoms with E-state index >= 15 is 0 Å². The van der Waals surface area contributed by atoms with Crippen molar-refractivity contribution in [3.63, 3.8) is 0 Å². The van der Waals surface area contributed by atoms with Gasteiger partial charge in [-0.25, -0.2) is 13.1 Å². The molecule has 1 fully saturated rings. The molecule has 0 aromatic heterocycles. The Morgan fingerprint density at radius 3 is 2.56 bits per heavy atom. The molecule has 0 unspecified atom stereocenters. The van der Waals surface area contributed by atoms with Gasteiger partial charge in [-0.1, -0.05) is 0 Å². The van der Waals surface area contributed by atoms with Gasteiger partial charge in [0, 0.05) is 44.2 Å². The van der Waals surface area contributed by atoms with Gasteiger partial charge >= 0.3 is 0 Å². The van der Waals surface area contributed by atoms with Gasteiger partial charge in [-0.3, -0.25) is 0 Å². The predicted octanol–water partition coefficient (Wildman–Crippen LogP) is -0.826. The van der Waals surface area contributed by atoms with Crippen LogP contribution in [-0.2, 0) is 10.0 Å². The second kappa shape index (κ2) is 7.50. The molecule has 0 saturated carbocycles. The third-order valence-electron chi connectivity index (χ3n) is 2.47. The first kappa shape index (κ1) is 14.2. The maximum absolute atomic E-state index is 11.5. The van der Waals surface area contributed by atoms with Gasteiger partial charge < -0.3 is 10.2 Å². The molecule has 2 N–H and O–H groups in total. The molecule has 0 aromatic rings. The molecule has 1 saturated heterocycles. The van der Waals surface area contributed by atoms with Crippen molar-refractivity contribution in [3.05, 3.63) is 0 Å². The summed E-state index contributed by atoms with van der Waals surface area (Å²) in [5.41, 5.74) is 0. The van der Waals surface area contributed by atoms with Crippen LogP contribution in [0.1, 0.15) is 0 Å². The summed E-state index contributed by atoms with van der Waals surface area (Å²) in [6.07, 6.45) is 0. The van der Waals surface area contributed by atoms with E-state index in [0.717, 1.165) is 31.1 Å². The largest absolute Gasteiger partial charge is 0.319 e. The molecule has 0 radical (unpaired) electrons. The third kappa shape index (κ3) is 6.05. The summed E-state index contributed by atoms with van der Waals surface area (Å²) < 4.78 is 25.5. The van der Waals surface area contributed by atoms with Gasteiger partial charge in [-0.15, -0.1) is 0 Å². The fraction of sp³-hybridized carbons (Fsp3) is 1.00. The summed E-state index contributed by atoms with van der Waals surface area (Å²) in [6, 6.07) is 0. The fourth-order valence-electron chi connectivity index (χ4n) is 1.49. The molecule has 7 heteroatoms. The van der Waals surface area contributed by atoms with Crippen molar-refractivity contribution in [2.24, 2.45) is 0 Å². The van der Waals surface area contributed by atoms with E-state index < -0.39 is 10.0 Å². The maximum Gasteiger partial charge on any atom is 0.212 e. The molecule has 1 aliphatic rings. The number of sulfonamides is 1. The zero-order valence-corrected chi connectivity index (χ0v) is 11.4. The molecular weight excluding hydrogens is 246 g/mol. The van der Waals surface area contributed by atoms with E-state index in [1.54, 1.807) is 7.05 Å². The van der Waals surface area contributed by atoms with Gasteiger partial charge in [0.15, 0.2) is 0 Å². The second-order valence-corrected chi connectivity index (χ2v) is 6.92. The minimum Gasteiger partial charge on any atom is -0.319 e. The van der Waals surface area contributed by atoms with Gasteiger partial charge in [0.05, 0.1) is 5.75 Å². The summed E-state index contributed by atoms with van der Waals surface area (Å²) in [6.45, 7) is 3.98. The highest BCUT2D eigenvalue weighted by Gasteiger charge is 2.12. The number of hydrogen-bond donors (Lipinski definition) is 2. The Bertz CT molecular complexity index is 276. The predicted molar refractivity (Wildman–Crippen MR) is 69.5 cm³/mol. The molecule has 16 heavy (non-hydrogen) atoms. The lowest BCUT2D eigenvalue weighted by Crippen LogP contribution is -2.40. The van der Waals surface area contributed by atoms with Crippen molar-refractivity contribution in [2.75, 3.05) is 57.0 Å². The van der Waals surface area contributed by atoms with E-state index in [1.165, 1.54) is 0 Å². The number of nitrogens with zero attached hydrogens (tertiary/aromatic N) is 1. The Kier molecular flexibility index (Phi) is 6.67. The SMILES string of the molecule is CNCCS(=O)(=O)NCCN1CCSCC1. The van der Waals surface area contributed by atoms with Crippen molar-refractivity contribution in [1.82, 2.24) is 14.9 Å². The quantitative estimate of drug-likeness (QED) is 0.631. The van der Waals surface area contributed by atoms with E-state index in [-0.39, 0.29) is 5.75 Å². The zero-order valence-electron chi connectivity index (χ0n) is 9.74. The average Bonchev–Trinajstić information content (AvgIpc) is 2.28. The van der Waals surface area contributed by atoms with Crippen molar-refractivity contribution >= 4 is 21.8 Å². The lowest BCUT2D eigenvalue weighted by molar-refractivity contribution is 0.307. The number of rotatable bonds is 7. The zero-order chi connectivity index (χ0) is 11.9. The molecule has 1 aliphatic heterocycles. The van der Waals surface area contributed by atoms with E-state index in [9.17, 15) is 8.42 Å². The first-order valence-corrected chi connectivity index (χ1v) is 8.37. The Morgan fingerprint density at radius 1 is 1.25 bits per heavy atom. The molecule has 96 valence electrons. The molecule has 0 aromatic carbocycles. The highest BCUT2D eigenvalue weighted by atomic mass is 32.2. The molecule has 0 aliphatic carbocycles. The minimum absolute atomic E-state index is 0.152. The third-order valence-corrected chi connectivity index (χ3v) is 4.80. The van der Waals surface area contributed by atoms with E-state index in [2.05, 4.69) is 14.9 Å². The molecule has 0 amide bonds. The number of nitrogens with one attached hydrogen (secondary N) is 2. The molecule has 0 atom stereocenters. The normalized spacial score (nSPS) is 18.8. The van der Waals surface area contributed by atoms with E-state index in [1.807, 2.05) is 11.8 Å². The molecule has 1 heterocycles. The molecular formula is C9H21N3O2S2. The van der Waals surface area contributed by atoms with Crippen LogP contribution in [0.25, 0.3) is 0 Å². The van der Waals surface area contributed by atoms with Crippen molar-refractivity contribution in [3.8, 4) is 0 Å². The van der Waals surface area contributed by atoms with Gasteiger partial charge in [0.2, 0.25) is 10.0 Å². The maximum atomic E-state index is 11.5. The second-order valence-electron chi connectivity index (χ2n) is 3.77. The highest BCUT2D eigenvalue weighted by molar-refractivity contribution is 7.99. The van der Waals surface area contributed by atoms with Crippen LogP contribution >= 0.6 is 11.8 Å². The van der Waals surface area contributed by atoms with Crippen LogP contribution in [0.4, 0.5) is 0 Å². The summed E-state index contributed by atoms with van der Waals surface area (Å²) in [5, 5.41) is 2.83. The van der Waals surface area contributed by atoms with Gasteiger partial charge in [-0.05, 0) is 7.05 Å². The van der Waals surface area contributed by atoms with Crippen LogP contribution in [0.2, 0.25) is 0 Å². The topological polar surface area (TPSA) is 61.4 Å². The van der Waals surface area contributed by atoms with Crippen LogP contribution in [-0.4, -0.2) is 70.3 Å². The lowest BCUT2D eigenvalue weighted by Gasteiger charge is -2.25. The Morgan fingerprint density at radius 2 is 1.94 bits per heavy atom. The van der Waals surface area contributed by atoms with Crippen LogP contribution in [0.5, 0.6) is 0 Å². The van der Waals surface area contributed by atoms with Gasteiger partial charge in [-0.2, -0.15) is 11.8 Å². The fourth-order valence-corrected chi connectivity index (χ4v) is 3.49. The van der Waals surface area contributed by atoms with Crippen molar-refractivity contribution in [2.45, 2.75) is 0 Å². The first-order valence-electron chi connectivity index (χ1n) is 5.56. The van der Waals surface area contributed by atoms with Gasteiger partial charge in [0.1, 0.15) is 0 Å². The Labute approximate surface area is 102 Å². The Balaban J connectivity index is 2.13. The average molecular weight is 267 g/mol. The smallest absolute Gasteiger partial charge is 0.212 e. The van der Waals surface area contributed by atoms with E-state index in [0.29, 0.717) is 13.1 Å². The molecule has 1 rings (SSSR count). The molecule has 5 nitrogen and oxygen atoms in total. The van der Waals surface area contributed by atoms with E-state index in [4.69, 9.17) is 0 Å². The van der Waals surface area contributed by atoms with Crippen LogP contribution in [0.3, 0.4) is 0 Å². The van der Waals surface area contributed by atoms with Crippen molar-refractivity contribution < 1.29 is 8.42 Å². The highest BCUT2D eigenvalue weighted by Crippen LogP contribution is 2.07. The number of thioether (sulfide) groups is 1. The minimum atomic E-state index is -3.09. The summed E-state index contributed by atoms with van der Waals surface area (Å²) in [7, 11) is -1.34. The lowest BCUT2D eigenvalue weighted by atomic mass is 10.5.